The highest BCUT2D eigenvalue weighted by molar-refractivity contribution is 8.03. The molecule has 4 nitrogen and oxygen atoms in total. The van der Waals surface area contributed by atoms with Gasteiger partial charge in [0.1, 0.15) is 5.82 Å². The third-order valence-electron chi connectivity index (χ3n) is 2.34. The second-order valence-electron chi connectivity index (χ2n) is 3.84. The fourth-order valence-electron chi connectivity index (χ4n) is 1.33. The van der Waals surface area contributed by atoms with E-state index in [1.807, 2.05) is 6.26 Å². The average molecular weight is 329 g/mol. The molecule has 0 saturated heterocycles. The summed E-state index contributed by atoms with van der Waals surface area (Å²) in [5.74, 6) is -0.304. The van der Waals surface area contributed by atoms with Gasteiger partial charge >= 0.3 is 0 Å². The summed E-state index contributed by atoms with van der Waals surface area (Å²) in [5.41, 5.74) is 1.01. The van der Waals surface area contributed by atoms with Crippen molar-refractivity contribution in [2.75, 3.05) is 17.3 Å². The maximum Gasteiger partial charge on any atom is 0.234 e. The smallest absolute Gasteiger partial charge is 0.234 e. The monoisotopic (exact) mass is 329 g/mol. The molecule has 0 radical (unpaired) electrons. The van der Waals surface area contributed by atoms with Crippen molar-refractivity contribution >= 4 is 46.5 Å². The van der Waals surface area contributed by atoms with Crippen molar-refractivity contribution in [1.29, 1.82) is 0 Å². The molecule has 0 atom stereocenters. The molecule has 8 heteroatoms. The maximum absolute atomic E-state index is 13.3. The molecule has 0 aliphatic carbocycles. The largest absolute Gasteiger partial charge is 0.325 e. The van der Waals surface area contributed by atoms with Crippen molar-refractivity contribution < 1.29 is 9.18 Å². The number of hydrogen-bond acceptors (Lipinski definition) is 6. The van der Waals surface area contributed by atoms with E-state index in [9.17, 15) is 9.18 Å². The molecule has 0 bridgehead atoms. The minimum Gasteiger partial charge on any atom is -0.325 e. The number of rotatable bonds is 5. The van der Waals surface area contributed by atoms with Gasteiger partial charge in [0.25, 0.3) is 0 Å². The number of hydrogen-bond donors (Lipinski definition) is 1. The molecule has 0 spiro atoms. The first-order chi connectivity index (χ1) is 9.58. The van der Waals surface area contributed by atoms with Crippen LogP contribution in [0, 0.1) is 12.7 Å². The molecular weight excluding hydrogens is 317 g/mol. The molecular formula is C12H12FN3OS3. The van der Waals surface area contributed by atoms with Crippen LogP contribution < -0.4 is 5.32 Å². The summed E-state index contributed by atoms with van der Waals surface area (Å²) in [6, 6.07) is 4.63. The summed E-state index contributed by atoms with van der Waals surface area (Å²) in [5, 5.41) is 10.6. The number of thioether (sulfide) groups is 2. The van der Waals surface area contributed by atoms with Crippen LogP contribution in [0.3, 0.4) is 0 Å². The standard InChI is InChI=1S/C12H12FN3OS3/c1-7-3-4-8(5-9(7)13)14-10(17)6-19-12-16-15-11(18-2)20-12/h3-5H,6H2,1-2H3,(H,14,17). The van der Waals surface area contributed by atoms with Gasteiger partial charge in [-0.3, -0.25) is 4.79 Å². The molecule has 0 fully saturated rings. The summed E-state index contributed by atoms with van der Waals surface area (Å²) >= 11 is 4.29. The van der Waals surface area contributed by atoms with Crippen LogP contribution in [-0.4, -0.2) is 28.1 Å². The number of aromatic nitrogens is 2. The second-order valence-corrected chi connectivity index (χ2v) is 7.09. The molecule has 0 unspecified atom stereocenters. The van der Waals surface area contributed by atoms with E-state index < -0.39 is 0 Å². The number of nitrogens with zero attached hydrogens (tertiary/aromatic N) is 2. The lowest BCUT2D eigenvalue weighted by Crippen LogP contribution is -2.14. The predicted octanol–water partition coefficient (Wildman–Crippen LogP) is 3.44. The molecule has 2 rings (SSSR count). The molecule has 2 aromatic rings. The van der Waals surface area contributed by atoms with Gasteiger partial charge in [0.2, 0.25) is 5.91 Å². The van der Waals surface area contributed by atoms with Crippen LogP contribution in [0.5, 0.6) is 0 Å². The molecule has 1 amide bonds. The number of amides is 1. The highest BCUT2D eigenvalue weighted by atomic mass is 32.2. The van der Waals surface area contributed by atoms with E-state index in [0.717, 1.165) is 8.68 Å². The number of carbonyl (C=O) groups is 1. The van der Waals surface area contributed by atoms with Crippen LogP contribution in [0.15, 0.2) is 26.9 Å². The molecule has 0 saturated carbocycles. The van der Waals surface area contributed by atoms with E-state index in [1.165, 1.54) is 40.9 Å². The molecule has 1 heterocycles. The van der Waals surface area contributed by atoms with Crippen LogP contribution in [0.2, 0.25) is 0 Å². The Labute approximate surface area is 128 Å². The Bertz CT molecular complexity index is 618. The zero-order valence-electron chi connectivity index (χ0n) is 10.8. The number of aryl methyl sites for hydroxylation is 1. The van der Waals surface area contributed by atoms with Crippen molar-refractivity contribution in [3.63, 3.8) is 0 Å². The summed E-state index contributed by atoms with van der Waals surface area (Å²) in [6.45, 7) is 1.68. The van der Waals surface area contributed by atoms with E-state index >= 15 is 0 Å². The SMILES string of the molecule is CSc1nnc(SCC(=O)Nc2ccc(C)c(F)c2)s1. The molecule has 1 aromatic carbocycles. The van der Waals surface area contributed by atoms with Crippen molar-refractivity contribution in [1.82, 2.24) is 10.2 Å². The fraction of sp³-hybridized carbons (Fsp3) is 0.250. The van der Waals surface area contributed by atoms with Gasteiger partial charge in [-0.05, 0) is 30.9 Å². The first-order valence-electron chi connectivity index (χ1n) is 5.65. The molecule has 106 valence electrons. The van der Waals surface area contributed by atoms with Gasteiger partial charge in [0.05, 0.1) is 5.75 Å². The van der Waals surface area contributed by atoms with Crippen LogP contribution in [0.25, 0.3) is 0 Å². The zero-order valence-corrected chi connectivity index (χ0v) is 13.3. The van der Waals surface area contributed by atoms with E-state index in [4.69, 9.17) is 0 Å². The van der Waals surface area contributed by atoms with E-state index in [2.05, 4.69) is 15.5 Å². The summed E-state index contributed by atoms with van der Waals surface area (Å²) in [6.07, 6.45) is 1.92. The minimum absolute atomic E-state index is 0.195. The Morgan fingerprint density at radius 1 is 1.40 bits per heavy atom. The first-order valence-corrected chi connectivity index (χ1v) is 8.67. The number of anilines is 1. The van der Waals surface area contributed by atoms with Crippen molar-refractivity contribution in [3.8, 4) is 0 Å². The zero-order chi connectivity index (χ0) is 14.5. The average Bonchev–Trinajstić information content (AvgIpc) is 2.89. The van der Waals surface area contributed by atoms with Crippen molar-refractivity contribution in [2.45, 2.75) is 15.6 Å². The molecule has 20 heavy (non-hydrogen) atoms. The number of halogens is 1. The Balaban J connectivity index is 1.87. The van der Waals surface area contributed by atoms with Crippen LogP contribution in [0.4, 0.5) is 10.1 Å². The summed E-state index contributed by atoms with van der Waals surface area (Å²) in [4.78, 5) is 11.8. The van der Waals surface area contributed by atoms with Gasteiger partial charge in [-0.25, -0.2) is 4.39 Å². The highest BCUT2D eigenvalue weighted by Gasteiger charge is 2.08. The maximum atomic E-state index is 13.3. The Morgan fingerprint density at radius 3 is 2.80 bits per heavy atom. The quantitative estimate of drug-likeness (QED) is 0.852. The van der Waals surface area contributed by atoms with Gasteiger partial charge in [-0.2, -0.15) is 0 Å². The molecule has 1 aromatic heterocycles. The van der Waals surface area contributed by atoms with Gasteiger partial charge < -0.3 is 5.32 Å². The lowest BCUT2D eigenvalue weighted by Gasteiger charge is -2.05. The molecule has 0 aliphatic rings. The second kappa shape index (κ2) is 7.05. The fourth-order valence-corrected chi connectivity index (χ4v) is 3.57. The van der Waals surface area contributed by atoms with Crippen LogP contribution in [0.1, 0.15) is 5.56 Å². The molecule has 1 N–H and O–H groups in total. The van der Waals surface area contributed by atoms with Gasteiger partial charge in [0, 0.05) is 5.69 Å². The van der Waals surface area contributed by atoms with Crippen molar-refractivity contribution in [2.24, 2.45) is 0 Å². The summed E-state index contributed by atoms with van der Waals surface area (Å²) in [7, 11) is 0. The number of carbonyl (C=O) groups excluding carboxylic acids is 1. The topological polar surface area (TPSA) is 54.9 Å². The van der Waals surface area contributed by atoms with Crippen LogP contribution in [-0.2, 0) is 4.79 Å². The molecule has 0 aliphatic heterocycles. The number of nitrogens with one attached hydrogen (secondary N) is 1. The van der Waals surface area contributed by atoms with E-state index in [1.54, 1.807) is 19.1 Å². The van der Waals surface area contributed by atoms with Crippen molar-refractivity contribution in [3.05, 3.63) is 29.6 Å². The Morgan fingerprint density at radius 2 is 2.15 bits per heavy atom. The summed E-state index contributed by atoms with van der Waals surface area (Å²) < 4.78 is 15.0. The third-order valence-corrected chi connectivity index (χ3v) is 5.38. The Hall–Kier alpha value is -1.12. The van der Waals surface area contributed by atoms with E-state index in [-0.39, 0.29) is 17.5 Å². The Kier molecular flexibility index (Phi) is 5.38. The lowest BCUT2D eigenvalue weighted by molar-refractivity contribution is -0.113. The minimum atomic E-state index is -0.329. The van der Waals surface area contributed by atoms with Gasteiger partial charge in [-0.15, -0.1) is 10.2 Å². The van der Waals surface area contributed by atoms with Gasteiger partial charge in [-0.1, -0.05) is 40.9 Å². The predicted molar refractivity (Wildman–Crippen MR) is 82.2 cm³/mol. The third kappa shape index (κ3) is 4.19. The normalized spacial score (nSPS) is 10.6. The first kappa shape index (κ1) is 15.3. The highest BCUT2D eigenvalue weighted by Crippen LogP contribution is 2.27. The lowest BCUT2D eigenvalue weighted by atomic mass is 10.2. The number of benzene rings is 1. The van der Waals surface area contributed by atoms with E-state index in [0.29, 0.717) is 11.3 Å². The van der Waals surface area contributed by atoms with Crippen LogP contribution >= 0.6 is 34.9 Å². The van der Waals surface area contributed by atoms with Gasteiger partial charge in [0.15, 0.2) is 8.68 Å².